The number of ether oxygens (including phenoxy) is 1. The summed E-state index contributed by atoms with van der Waals surface area (Å²) in [4.78, 5) is 15.8. The van der Waals surface area contributed by atoms with E-state index >= 15 is 0 Å². The van der Waals surface area contributed by atoms with Crippen molar-refractivity contribution in [3.05, 3.63) is 132 Å². The normalized spacial score (nSPS) is 12.1. The molecular weight excluding hydrogens is 434 g/mol. The van der Waals surface area contributed by atoms with Crippen molar-refractivity contribution in [1.82, 2.24) is 19.9 Å². The molecule has 2 N–H and O–H groups in total. The van der Waals surface area contributed by atoms with Gasteiger partial charge in [-0.05, 0) is 29.2 Å². The van der Waals surface area contributed by atoms with Crippen LogP contribution in [-0.2, 0) is 10.3 Å². The van der Waals surface area contributed by atoms with Crippen LogP contribution >= 0.6 is 0 Å². The first-order chi connectivity index (χ1) is 17.3. The van der Waals surface area contributed by atoms with Gasteiger partial charge in [-0.25, -0.2) is 15.0 Å². The highest BCUT2D eigenvalue weighted by Gasteiger charge is 2.37. The van der Waals surface area contributed by atoms with Crippen LogP contribution in [0.4, 0.5) is 5.82 Å². The minimum absolute atomic E-state index is 0.462. The first kappa shape index (κ1) is 22.5. The lowest BCUT2D eigenvalue weighted by Crippen LogP contribution is -2.33. The number of nitrogens with one attached hydrogen (secondary N) is 2. The molecule has 5 aromatic rings. The van der Waals surface area contributed by atoms with E-state index < -0.39 is 5.60 Å². The largest absolute Gasteiger partial charge is 0.365 e. The molecule has 0 saturated carbocycles. The maximum atomic E-state index is 6.87. The van der Waals surface area contributed by atoms with Crippen LogP contribution in [0.15, 0.2) is 115 Å². The zero-order valence-corrected chi connectivity index (χ0v) is 19.6. The standard InChI is InChI=1S/C29H27N5O/c1-22(17-18-30-27-26-28(32-20-31-26)34-21-33-27)19-35-29(23-11-5-2-6-12-23,24-13-7-3-8-14-24)25-15-9-4-10-16-25/h2-17,20-21H,18-19H2,1H3,(H2,30,31,32,33,34)/b22-17+. The smallest absolute Gasteiger partial charge is 0.182 e. The molecule has 0 unspecified atom stereocenters. The Morgan fingerprint density at radius 1 is 0.829 bits per heavy atom. The number of anilines is 1. The predicted molar refractivity (Wildman–Crippen MR) is 139 cm³/mol. The number of fused-ring (bicyclic) bond motifs is 1. The van der Waals surface area contributed by atoms with Crippen molar-refractivity contribution in [1.29, 1.82) is 0 Å². The van der Waals surface area contributed by atoms with Crippen molar-refractivity contribution >= 4 is 17.0 Å². The lowest BCUT2D eigenvalue weighted by atomic mass is 9.80. The Morgan fingerprint density at radius 3 is 1.97 bits per heavy atom. The maximum Gasteiger partial charge on any atom is 0.182 e. The van der Waals surface area contributed by atoms with Crippen molar-refractivity contribution in [2.45, 2.75) is 12.5 Å². The predicted octanol–water partition coefficient (Wildman–Crippen LogP) is 5.72. The zero-order chi connectivity index (χ0) is 23.9. The van der Waals surface area contributed by atoms with Crippen molar-refractivity contribution in [3.8, 4) is 0 Å². The van der Waals surface area contributed by atoms with Gasteiger partial charge in [-0.3, -0.25) is 0 Å². The highest BCUT2D eigenvalue weighted by Crippen LogP contribution is 2.40. The second kappa shape index (κ2) is 10.3. The molecule has 35 heavy (non-hydrogen) atoms. The van der Waals surface area contributed by atoms with E-state index in [0.29, 0.717) is 18.8 Å². The first-order valence-electron chi connectivity index (χ1n) is 11.6. The Bertz CT molecular complexity index is 1300. The number of aromatic nitrogens is 4. The van der Waals surface area contributed by atoms with Crippen molar-refractivity contribution in [2.24, 2.45) is 0 Å². The van der Waals surface area contributed by atoms with E-state index in [2.05, 4.69) is 111 Å². The second-order valence-electron chi connectivity index (χ2n) is 8.32. The van der Waals surface area contributed by atoms with Gasteiger partial charge in [0.05, 0.1) is 12.9 Å². The minimum Gasteiger partial charge on any atom is -0.365 e. The Kier molecular flexibility index (Phi) is 6.63. The number of hydrogen-bond donors (Lipinski definition) is 2. The maximum absolute atomic E-state index is 6.87. The Morgan fingerprint density at radius 2 is 1.40 bits per heavy atom. The van der Waals surface area contributed by atoms with Gasteiger partial charge < -0.3 is 15.0 Å². The zero-order valence-electron chi connectivity index (χ0n) is 19.6. The summed E-state index contributed by atoms with van der Waals surface area (Å²) in [5, 5.41) is 3.34. The van der Waals surface area contributed by atoms with Gasteiger partial charge in [0.2, 0.25) is 0 Å². The van der Waals surface area contributed by atoms with E-state index in [4.69, 9.17) is 4.74 Å². The molecule has 0 spiro atoms. The molecule has 3 aromatic carbocycles. The fourth-order valence-corrected chi connectivity index (χ4v) is 4.27. The average molecular weight is 462 g/mol. The summed E-state index contributed by atoms with van der Waals surface area (Å²) < 4.78 is 6.87. The molecule has 0 atom stereocenters. The van der Waals surface area contributed by atoms with Crippen LogP contribution in [0.3, 0.4) is 0 Å². The van der Waals surface area contributed by atoms with Crippen LogP contribution in [0.2, 0.25) is 0 Å². The summed E-state index contributed by atoms with van der Waals surface area (Å²) in [5.74, 6) is 0.727. The fourth-order valence-electron chi connectivity index (χ4n) is 4.27. The van der Waals surface area contributed by atoms with Gasteiger partial charge in [-0.1, -0.05) is 97.1 Å². The van der Waals surface area contributed by atoms with Crippen LogP contribution in [-0.4, -0.2) is 33.1 Å². The van der Waals surface area contributed by atoms with E-state index in [0.717, 1.165) is 33.6 Å². The molecule has 6 heteroatoms. The molecule has 0 bridgehead atoms. The number of aromatic amines is 1. The Balaban J connectivity index is 1.42. The van der Waals surface area contributed by atoms with Crippen LogP contribution in [0.25, 0.3) is 11.2 Å². The molecule has 0 aliphatic heterocycles. The first-order valence-corrected chi connectivity index (χ1v) is 11.6. The second-order valence-corrected chi connectivity index (χ2v) is 8.32. The van der Waals surface area contributed by atoms with Gasteiger partial charge >= 0.3 is 0 Å². The molecule has 5 rings (SSSR count). The van der Waals surface area contributed by atoms with E-state index in [1.54, 1.807) is 6.33 Å². The van der Waals surface area contributed by atoms with Gasteiger partial charge in [-0.15, -0.1) is 0 Å². The third-order valence-electron chi connectivity index (χ3n) is 6.00. The van der Waals surface area contributed by atoms with Gasteiger partial charge in [0.1, 0.15) is 17.4 Å². The molecule has 6 nitrogen and oxygen atoms in total. The van der Waals surface area contributed by atoms with Crippen molar-refractivity contribution < 1.29 is 4.74 Å². The molecule has 0 fully saturated rings. The quantitative estimate of drug-likeness (QED) is 0.217. The average Bonchev–Trinajstić information content (AvgIpc) is 3.41. The number of rotatable bonds is 9. The topological polar surface area (TPSA) is 75.7 Å². The molecular formula is C29H27N5O. The SMILES string of the molecule is C/C(=C\CNc1ncnc2nc[nH]c12)COC(c1ccccc1)(c1ccccc1)c1ccccc1. The molecule has 0 saturated heterocycles. The lowest BCUT2D eigenvalue weighted by molar-refractivity contribution is 0.0278. The molecule has 174 valence electrons. The van der Waals surface area contributed by atoms with Gasteiger partial charge in [0, 0.05) is 6.54 Å². The van der Waals surface area contributed by atoms with Gasteiger partial charge in [0.25, 0.3) is 0 Å². The molecule has 0 amide bonds. The van der Waals surface area contributed by atoms with Crippen LogP contribution < -0.4 is 5.32 Å². The van der Waals surface area contributed by atoms with Crippen molar-refractivity contribution in [3.63, 3.8) is 0 Å². The highest BCUT2D eigenvalue weighted by atomic mass is 16.5. The summed E-state index contributed by atoms with van der Waals surface area (Å²) in [6.45, 7) is 3.15. The molecule has 2 aromatic heterocycles. The number of imidazole rings is 1. The summed E-state index contributed by atoms with van der Waals surface area (Å²) in [6.07, 6.45) is 5.25. The Labute approximate surface area is 204 Å². The molecule has 0 aliphatic rings. The van der Waals surface area contributed by atoms with Gasteiger partial charge in [0.15, 0.2) is 11.5 Å². The highest BCUT2D eigenvalue weighted by molar-refractivity contribution is 5.81. The number of nitrogens with zero attached hydrogens (tertiary/aromatic N) is 3. The number of benzene rings is 3. The minimum atomic E-state index is -0.735. The summed E-state index contributed by atoms with van der Waals surface area (Å²) in [7, 11) is 0. The summed E-state index contributed by atoms with van der Waals surface area (Å²) in [5.41, 5.74) is 5.08. The van der Waals surface area contributed by atoms with E-state index in [9.17, 15) is 0 Å². The van der Waals surface area contributed by atoms with Gasteiger partial charge in [-0.2, -0.15) is 0 Å². The summed E-state index contributed by atoms with van der Waals surface area (Å²) in [6, 6.07) is 31.2. The number of H-pyrrole nitrogens is 1. The molecule has 0 aliphatic carbocycles. The van der Waals surface area contributed by atoms with E-state index in [1.165, 1.54) is 6.33 Å². The number of hydrogen-bond acceptors (Lipinski definition) is 5. The molecule has 2 heterocycles. The van der Waals surface area contributed by atoms with E-state index in [1.807, 2.05) is 18.2 Å². The van der Waals surface area contributed by atoms with Crippen LogP contribution in [0.1, 0.15) is 23.6 Å². The van der Waals surface area contributed by atoms with Crippen LogP contribution in [0.5, 0.6) is 0 Å². The molecule has 0 radical (unpaired) electrons. The fraction of sp³-hybridized carbons (Fsp3) is 0.138. The monoisotopic (exact) mass is 461 g/mol. The van der Waals surface area contributed by atoms with Crippen molar-refractivity contribution in [2.75, 3.05) is 18.5 Å². The third-order valence-corrected chi connectivity index (χ3v) is 6.00. The van der Waals surface area contributed by atoms with Crippen LogP contribution in [0, 0.1) is 0 Å². The lowest BCUT2D eigenvalue weighted by Gasteiger charge is -2.36. The Hall–Kier alpha value is -4.29. The van der Waals surface area contributed by atoms with E-state index in [-0.39, 0.29) is 0 Å². The third kappa shape index (κ3) is 4.69. The summed E-state index contributed by atoms with van der Waals surface area (Å²) >= 11 is 0.